The van der Waals surface area contributed by atoms with E-state index in [1.54, 1.807) is 0 Å². The van der Waals surface area contributed by atoms with Crippen LogP contribution in [0.2, 0.25) is 0 Å². The molecule has 0 radical (unpaired) electrons. The van der Waals surface area contributed by atoms with Gasteiger partial charge in [-0.15, -0.1) is 0 Å². The highest BCUT2D eigenvalue weighted by Gasteiger charge is 2.33. The Morgan fingerprint density at radius 1 is 1.21 bits per heavy atom. The van der Waals surface area contributed by atoms with Gasteiger partial charge in [0, 0.05) is 6.07 Å². The molecule has 0 unspecified atom stereocenters. The van der Waals surface area contributed by atoms with Gasteiger partial charge in [-0.05, 0) is 55.8 Å². The normalized spacial score (nSPS) is 17.3. The van der Waals surface area contributed by atoms with Crippen molar-refractivity contribution in [2.75, 3.05) is 19.6 Å². The SMILES string of the molecule is CC(C)c1cc(CNCCC2(c3ccccc3)CCNCC2)on1. The Bertz CT molecular complexity index is 615. The molecule has 1 aliphatic rings. The largest absolute Gasteiger partial charge is 0.360 e. The zero-order chi connectivity index (χ0) is 16.8. The highest BCUT2D eigenvalue weighted by molar-refractivity contribution is 5.26. The first-order valence-electron chi connectivity index (χ1n) is 9.12. The van der Waals surface area contributed by atoms with Gasteiger partial charge in [-0.1, -0.05) is 49.3 Å². The van der Waals surface area contributed by atoms with Gasteiger partial charge in [0.1, 0.15) is 0 Å². The average molecular weight is 327 g/mol. The van der Waals surface area contributed by atoms with Crippen LogP contribution >= 0.6 is 0 Å². The quantitative estimate of drug-likeness (QED) is 0.763. The number of nitrogens with zero attached hydrogens (tertiary/aromatic N) is 1. The van der Waals surface area contributed by atoms with E-state index in [9.17, 15) is 0 Å². The molecule has 0 bridgehead atoms. The summed E-state index contributed by atoms with van der Waals surface area (Å²) >= 11 is 0. The third-order valence-corrected chi connectivity index (χ3v) is 5.20. The Morgan fingerprint density at radius 2 is 1.96 bits per heavy atom. The van der Waals surface area contributed by atoms with Crippen molar-refractivity contribution in [3.05, 3.63) is 53.4 Å². The molecule has 1 fully saturated rings. The number of rotatable bonds is 7. The monoisotopic (exact) mass is 327 g/mol. The predicted octanol–water partition coefficient (Wildman–Crippen LogP) is 3.60. The lowest BCUT2D eigenvalue weighted by Gasteiger charge is -2.38. The molecule has 0 aliphatic carbocycles. The molecular formula is C20H29N3O. The summed E-state index contributed by atoms with van der Waals surface area (Å²) in [5.74, 6) is 1.34. The van der Waals surface area contributed by atoms with Crippen molar-refractivity contribution in [3.8, 4) is 0 Å². The van der Waals surface area contributed by atoms with Gasteiger partial charge in [-0.2, -0.15) is 0 Å². The predicted molar refractivity (Wildman–Crippen MR) is 97.1 cm³/mol. The summed E-state index contributed by atoms with van der Waals surface area (Å²) in [5.41, 5.74) is 2.81. The fourth-order valence-electron chi connectivity index (χ4n) is 3.60. The fourth-order valence-corrected chi connectivity index (χ4v) is 3.60. The lowest BCUT2D eigenvalue weighted by atomic mass is 9.71. The molecule has 130 valence electrons. The summed E-state index contributed by atoms with van der Waals surface area (Å²) in [6, 6.07) is 13.1. The number of piperidine rings is 1. The highest BCUT2D eigenvalue weighted by Crippen LogP contribution is 2.36. The van der Waals surface area contributed by atoms with E-state index in [1.807, 2.05) is 0 Å². The lowest BCUT2D eigenvalue weighted by molar-refractivity contribution is 0.281. The van der Waals surface area contributed by atoms with Crippen molar-refractivity contribution in [1.29, 1.82) is 0 Å². The van der Waals surface area contributed by atoms with E-state index in [0.717, 1.165) is 44.1 Å². The molecule has 1 aromatic heterocycles. The molecule has 3 rings (SSSR count). The third-order valence-electron chi connectivity index (χ3n) is 5.20. The minimum Gasteiger partial charge on any atom is -0.360 e. The van der Waals surface area contributed by atoms with E-state index in [-0.39, 0.29) is 0 Å². The summed E-state index contributed by atoms with van der Waals surface area (Å²) in [5, 5.41) is 11.2. The van der Waals surface area contributed by atoms with Gasteiger partial charge in [-0.25, -0.2) is 0 Å². The molecular weight excluding hydrogens is 298 g/mol. The summed E-state index contributed by atoms with van der Waals surface area (Å²) < 4.78 is 5.41. The first-order chi connectivity index (χ1) is 11.7. The van der Waals surface area contributed by atoms with E-state index in [0.29, 0.717) is 11.3 Å². The summed E-state index contributed by atoms with van der Waals surface area (Å²) in [6.07, 6.45) is 3.57. The van der Waals surface area contributed by atoms with Gasteiger partial charge in [0.05, 0.1) is 12.2 Å². The molecule has 0 spiro atoms. The second-order valence-electron chi connectivity index (χ2n) is 7.20. The molecule has 2 heterocycles. The number of nitrogens with one attached hydrogen (secondary N) is 2. The second-order valence-corrected chi connectivity index (χ2v) is 7.20. The molecule has 0 atom stereocenters. The van der Waals surface area contributed by atoms with Gasteiger partial charge in [0.25, 0.3) is 0 Å². The third kappa shape index (κ3) is 4.05. The molecule has 24 heavy (non-hydrogen) atoms. The fraction of sp³-hybridized carbons (Fsp3) is 0.550. The van der Waals surface area contributed by atoms with Crippen LogP contribution < -0.4 is 10.6 Å². The molecule has 4 nitrogen and oxygen atoms in total. The standard InChI is InChI=1S/C20H29N3O/c1-16(2)19-14-18(24-23-19)15-22-13-10-20(8-11-21-12-9-20)17-6-4-3-5-7-17/h3-7,14,16,21-22H,8-13,15H2,1-2H3. The minimum atomic E-state index is 0.296. The molecule has 1 aliphatic heterocycles. The summed E-state index contributed by atoms with van der Waals surface area (Å²) in [6.45, 7) is 8.23. The maximum atomic E-state index is 5.41. The van der Waals surface area contributed by atoms with Crippen molar-refractivity contribution in [2.45, 2.75) is 51.0 Å². The molecule has 0 amide bonds. The Balaban J connectivity index is 1.56. The van der Waals surface area contributed by atoms with Gasteiger partial charge in [-0.3, -0.25) is 0 Å². The number of aromatic nitrogens is 1. The summed E-state index contributed by atoms with van der Waals surface area (Å²) in [7, 11) is 0. The van der Waals surface area contributed by atoms with Crippen LogP contribution in [0.3, 0.4) is 0 Å². The molecule has 2 aromatic rings. The Kier molecular flexibility index (Phi) is 5.69. The lowest BCUT2D eigenvalue weighted by Crippen LogP contribution is -2.41. The van der Waals surface area contributed by atoms with Crippen LogP contribution in [-0.4, -0.2) is 24.8 Å². The topological polar surface area (TPSA) is 50.1 Å². The molecule has 0 saturated carbocycles. The Hall–Kier alpha value is -1.65. The first kappa shape index (κ1) is 17.2. The molecule has 1 saturated heterocycles. The van der Waals surface area contributed by atoms with Crippen LogP contribution in [0.4, 0.5) is 0 Å². The Labute approximate surface area is 145 Å². The number of benzene rings is 1. The zero-order valence-electron chi connectivity index (χ0n) is 14.8. The van der Waals surface area contributed by atoms with Crippen LogP contribution in [0.5, 0.6) is 0 Å². The average Bonchev–Trinajstić information content (AvgIpc) is 3.10. The second kappa shape index (κ2) is 7.95. The minimum absolute atomic E-state index is 0.296. The molecule has 2 N–H and O–H groups in total. The number of hydrogen-bond donors (Lipinski definition) is 2. The van der Waals surface area contributed by atoms with Crippen molar-refractivity contribution in [3.63, 3.8) is 0 Å². The van der Waals surface area contributed by atoms with Gasteiger partial charge in [0.2, 0.25) is 0 Å². The highest BCUT2D eigenvalue weighted by atomic mass is 16.5. The van der Waals surface area contributed by atoms with Gasteiger partial charge in [0.15, 0.2) is 5.76 Å². The number of hydrogen-bond acceptors (Lipinski definition) is 4. The molecule has 4 heteroatoms. The van der Waals surface area contributed by atoms with E-state index in [4.69, 9.17) is 4.52 Å². The van der Waals surface area contributed by atoms with Crippen LogP contribution in [0, 0.1) is 0 Å². The summed E-state index contributed by atoms with van der Waals surface area (Å²) in [4.78, 5) is 0. The van der Waals surface area contributed by atoms with Crippen LogP contribution in [-0.2, 0) is 12.0 Å². The van der Waals surface area contributed by atoms with Crippen LogP contribution in [0.25, 0.3) is 0 Å². The maximum absolute atomic E-state index is 5.41. The first-order valence-corrected chi connectivity index (χ1v) is 9.12. The van der Waals surface area contributed by atoms with Crippen molar-refractivity contribution in [1.82, 2.24) is 15.8 Å². The maximum Gasteiger partial charge on any atom is 0.150 e. The van der Waals surface area contributed by atoms with E-state index in [1.165, 1.54) is 18.4 Å². The van der Waals surface area contributed by atoms with E-state index < -0.39 is 0 Å². The van der Waals surface area contributed by atoms with Crippen molar-refractivity contribution in [2.24, 2.45) is 0 Å². The van der Waals surface area contributed by atoms with E-state index >= 15 is 0 Å². The van der Waals surface area contributed by atoms with Gasteiger partial charge < -0.3 is 15.2 Å². The zero-order valence-corrected chi connectivity index (χ0v) is 14.8. The smallest absolute Gasteiger partial charge is 0.150 e. The van der Waals surface area contributed by atoms with E-state index in [2.05, 4.69) is 66.0 Å². The van der Waals surface area contributed by atoms with Gasteiger partial charge >= 0.3 is 0 Å². The van der Waals surface area contributed by atoms with Crippen LogP contribution in [0.1, 0.15) is 56.0 Å². The molecule has 1 aromatic carbocycles. The Morgan fingerprint density at radius 3 is 2.62 bits per heavy atom. The van der Waals surface area contributed by atoms with Crippen molar-refractivity contribution < 1.29 is 4.52 Å². The van der Waals surface area contributed by atoms with Crippen LogP contribution in [0.15, 0.2) is 40.9 Å². The van der Waals surface area contributed by atoms with Crippen molar-refractivity contribution >= 4 is 0 Å².